The summed E-state index contributed by atoms with van der Waals surface area (Å²) in [6, 6.07) is 0.620. The Bertz CT molecular complexity index is 488. The van der Waals surface area contributed by atoms with Crippen LogP contribution in [0.15, 0.2) is 0 Å². The predicted octanol–water partition coefficient (Wildman–Crippen LogP) is 2.11. The summed E-state index contributed by atoms with van der Waals surface area (Å²) in [5, 5.41) is 0.328. The van der Waals surface area contributed by atoms with Crippen LogP contribution in [-0.4, -0.2) is 40.6 Å². The Morgan fingerprint density at radius 3 is 2.47 bits per heavy atom. The van der Waals surface area contributed by atoms with Crippen LogP contribution < -0.4 is 9.80 Å². The molecular formula is C13H18ClN5. The monoisotopic (exact) mass is 279 g/mol. The number of hydrogen-bond acceptors (Lipinski definition) is 5. The van der Waals surface area contributed by atoms with Gasteiger partial charge in [-0.2, -0.15) is 15.0 Å². The van der Waals surface area contributed by atoms with Crippen molar-refractivity contribution in [3.63, 3.8) is 0 Å². The third kappa shape index (κ3) is 2.04. The highest BCUT2D eigenvalue weighted by atomic mass is 35.5. The Morgan fingerprint density at radius 1 is 1.00 bits per heavy atom. The van der Waals surface area contributed by atoms with Gasteiger partial charge in [0.15, 0.2) is 0 Å². The number of hydrogen-bond donors (Lipinski definition) is 0. The molecule has 6 heteroatoms. The third-order valence-electron chi connectivity index (χ3n) is 4.64. The summed E-state index contributed by atoms with van der Waals surface area (Å²) in [7, 11) is 0. The second-order valence-electron chi connectivity index (χ2n) is 5.88. The average Bonchev–Trinajstić information content (AvgIpc) is 3.15. The molecule has 3 aliphatic rings. The van der Waals surface area contributed by atoms with E-state index in [0.717, 1.165) is 37.4 Å². The summed E-state index contributed by atoms with van der Waals surface area (Å²) in [6.45, 7) is 3.15. The van der Waals surface area contributed by atoms with E-state index in [1.807, 2.05) is 0 Å². The summed E-state index contributed by atoms with van der Waals surface area (Å²) >= 11 is 6.09. The van der Waals surface area contributed by atoms with Gasteiger partial charge in [-0.05, 0) is 49.6 Å². The van der Waals surface area contributed by atoms with Crippen molar-refractivity contribution in [1.82, 2.24) is 15.0 Å². The second kappa shape index (κ2) is 4.47. The molecule has 1 saturated carbocycles. The van der Waals surface area contributed by atoms with Crippen LogP contribution in [0.3, 0.4) is 0 Å². The van der Waals surface area contributed by atoms with Crippen LogP contribution in [0.1, 0.15) is 32.1 Å². The number of halogens is 1. The van der Waals surface area contributed by atoms with Gasteiger partial charge in [0.05, 0.1) is 0 Å². The SMILES string of the molecule is Clc1nc(N2CCCC2)nc(N2CC3CCC2C3)n1. The van der Waals surface area contributed by atoms with Crippen LogP contribution in [0, 0.1) is 5.92 Å². The molecule has 1 aromatic heterocycles. The maximum Gasteiger partial charge on any atom is 0.231 e. The van der Waals surface area contributed by atoms with Crippen molar-refractivity contribution in [2.45, 2.75) is 38.1 Å². The normalized spacial score (nSPS) is 29.5. The first kappa shape index (κ1) is 11.7. The van der Waals surface area contributed by atoms with E-state index in [1.54, 1.807) is 0 Å². The topological polar surface area (TPSA) is 45.2 Å². The van der Waals surface area contributed by atoms with Crippen molar-refractivity contribution in [2.24, 2.45) is 5.92 Å². The minimum absolute atomic E-state index is 0.328. The van der Waals surface area contributed by atoms with Crippen LogP contribution in [0.2, 0.25) is 5.28 Å². The maximum atomic E-state index is 6.09. The molecule has 2 atom stereocenters. The lowest BCUT2D eigenvalue weighted by molar-refractivity contribution is 0.545. The molecule has 0 N–H and O–H groups in total. The van der Waals surface area contributed by atoms with Crippen LogP contribution >= 0.6 is 11.6 Å². The largest absolute Gasteiger partial charge is 0.341 e. The van der Waals surface area contributed by atoms with Crippen molar-refractivity contribution in [1.29, 1.82) is 0 Å². The van der Waals surface area contributed by atoms with Crippen LogP contribution in [0.25, 0.3) is 0 Å². The average molecular weight is 280 g/mol. The number of rotatable bonds is 2. The fourth-order valence-electron chi connectivity index (χ4n) is 3.69. The number of nitrogens with zero attached hydrogens (tertiary/aromatic N) is 5. The fourth-order valence-corrected chi connectivity index (χ4v) is 3.84. The Morgan fingerprint density at radius 2 is 1.79 bits per heavy atom. The van der Waals surface area contributed by atoms with Gasteiger partial charge in [-0.1, -0.05) is 0 Å². The summed E-state index contributed by atoms with van der Waals surface area (Å²) in [6.07, 6.45) is 6.36. The zero-order valence-electron chi connectivity index (χ0n) is 10.9. The first-order valence-corrected chi connectivity index (χ1v) is 7.60. The molecule has 2 aliphatic heterocycles. The lowest BCUT2D eigenvalue weighted by Crippen LogP contribution is -2.34. The molecule has 3 heterocycles. The summed E-state index contributed by atoms with van der Waals surface area (Å²) < 4.78 is 0. The zero-order valence-corrected chi connectivity index (χ0v) is 11.7. The molecule has 2 bridgehead atoms. The molecule has 1 aromatic rings. The van der Waals surface area contributed by atoms with Crippen molar-refractivity contribution < 1.29 is 0 Å². The second-order valence-corrected chi connectivity index (χ2v) is 6.22. The molecule has 0 aromatic carbocycles. The van der Waals surface area contributed by atoms with E-state index in [0.29, 0.717) is 11.3 Å². The first-order valence-electron chi connectivity index (χ1n) is 7.23. The van der Waals surface area contributed by atoms with Gasteiger partial charge in [-0.25, -0.2) is 0 Å². The van der Waals surface area contributed by atoms with Gasteiger partial charge in [-0.3, -0.25) is 0 Å². The van der Waals surface area contributed by atoms with Crippen molar-refractivity contribution >= 4 is 23.5 Å². The Kier molecular flexibility index (Phi) is 2.76. The summed E-state index contributed by atoms with van der Waals surface area (Å²) in [4.78, 5) is 17.9. The number of piperidine rings is 1. The first-order chi connectivity index (χ1) is 9.29. The van der Waals surface area contributed by atoms with Crippen molar-refractivity contribution in [3.8, 4) is 0 Å². The van der Waals surface area contributed by atoms with Gasteiger partial charge in [0.25, 0.3) is 0 Å². The Balaban J connectivity index is 1.64. The minimum Gasteiger partial charge on any atom is -0.341 e. The molecule has 19 heavy (non-hydrogen) atoms. The van der Waals surface area contributed by atoms with E-state index >= 15 is 0 Å². The van der Waals surface area contributed by atoms with Gasteiger partial charge >= 0.3 is 0 Å². The molecule has 0 amide bonds. The molecule has 4 rings (SSSR count). The number of fused-ring (bicyclic) bond motifs is 2. The smallest absolute Gasteiger partial charge is 0.231 e. The molecule has 0 spiro atoms. The number of aromatic nitrogens is 3. The maximum absolute atomic E-state index is 6.09. The van der Waals surface area contributed by atoms with E-state index in [1.165, 1.54) is 32.1 Å². The Labute approximate surface area is 118 Å². The molecule has 2 unspecified atom stereocenters. The van der Waals surface area contributed by atoms with Crippen LogP contribution in [-0.2, 0) is 0 Å². The minimum atomic E-state index is 0.328. The van der Waals surface area contributed by atoms with Crippen LogP contribution in [0.4, 0.5) is 11.9 Å². The van der Waals surface area contributed by atoms with E-state index in [2.05, 4.69) is 24.8 Å². The summed E-state index contributed by atoms with van der Waals surface area (Å²) in [5.41, 5.74) is 0. The highest BCUT2D eigenvalue weighted by Crippen LogP contribution is 2.39. The van der Waals surface area contributed by atoms with E-state index < -0.39 is 0 Å². The molecule has 0 radical (unpaired) electrons. The van der Waals surface area contributed by atoms with Gasteiger partial charge in [0, 0.05) is 25.7 Å². The van der Waals surface area contributed by atoms with E-state index in [-0.39, 0.29) is 0 Å². The lowest BCUT2D eigenvalue weighted by atomic mass is 10.1. The molecule has 3 fully saturated rings. The summed E-state index contributed by atoms with van der Waals surface area (Å²) in [5.74, 6) is 2.38. The van der Waals surface area contributed by atoms with Gasteiger partial charge in [-0.15, -0.1) is 0 Å². The third-order valence-corrected chi connectivity index (χ3v) is 4.81. The van der Waals surface area contributed by atoms with Gasteiger partial charge < -0.3 is 9.80 Å². The molecule has 5 nitrogen and oxygen atoms in total. The molecule has 102 valence electrons. The standard InChI is InChI=1S/C13H18ClN5/c14-11-15-12(18-5-1-2-6-18)17-13(16-11)19-8-9-3-4-10(19)7-9/h9-10H,1-8H2. The predicted molar refractivity (Wildman–Crippen MR) is 74.8 cm³/mol. The van der Waals surface area contributed by atoms with Crippen molar-refractivity contribution in [2.75, 3.05) is 29.4 Å². The van der Waals surface area contributed by atoms with E-state index in [4.69, 9.17) is 11.6 Å². The lowest BCUT2D eigenvalue weighted by Gasteiger charge is -2.27. The molecular weight excluding hydrogens is 262 g/mol. The highest BCUT2D eigenvalue weighted by Gasteiger charge is 2.39. The zero-order chi connectivity index (χ0) is 12.8. The highest BCUT2D eigenvalue weighted by molar-refractivity contribution is 6.28. The Hall–Kier alpha value is -1.10. The molecule has 1 aliphatic carbocycles. The van der Waals surface area contributed by atoms with Gasteiger partial charge in [0.1, 0.15) is 0 Å². The number of anilines is 2. The van der Waals surface area contributed by atoms with Crippen LogP contribution in [0.5, 0.6) is 0 Å². The van der Waals surface area contributed by atoms with E-state index in [9.17, 15) is 0 Å². The quantitative estimate of drug-likeness (QED) is 0.830. The van der Waals surface area contributed by atoms with Gasteiger partial charge in [0.2, 0.25) is 17.2 Å². The van der Waals surface area contributed by atoms with Crippen molar-refractivity contribution in [3.05, 3.63) is 5.28 Å². The molecule has 2 saturated heterocycles. The fraction of sp³-hybridized carbons (Fsp3) is 0.769.